The monoisotopic (exact) mass is 1250 g/mol. The maximum Gasteiger partial charge on any atom is 0.261 e. The lowest BCUT2D eigenvalue weighted by Crippen LogP contribution is -2.41. The van der Waals surface area contributed by atoms with Gasteiger partial charge >= 0.3 is 0 Å². The minimum atomic E-state index is -0.413. The standard InChI is InChI=1S/C68H82N2O20/c1-75-17-21-79-25-29-83-33-37-87-49-41-47(42-50(45-49)88-38-34-84-30-26-80-22-18-76-2)13-15-69-65(71)57-9-5-53-55-7-11-59-64-60(12-8-56(62(55)64)54-6-10-58(66(69)72)63(57)61(53)54)68(74)70(67(59)73)16-14-48-43-51(89-39-35-85-31-27-81-23-19-77-3)46-52(44-48)90-40-36-86-32-28-82-24-20-78-4/h5-12,41-46H,13-40H2,1-4H3. The van der Waals surface area contributed by atoms with Gasteiger partial charge in [0.25, 0.3) is 23.6 Å². The summed E-state index contributed by atoms with van der Waals surface area (Å²) >= 11 is 0. The first kappa shape index (κ1) is 67.2. The minimum absolute atomic E-state index is 0.0826. The third kappa shape index (κ3) is 17.7. The van der Waals surface area contributed by atoms with Gasteiger partial charge in [0.2, 0.25) is 0 Å². The molecule has 2 heterocycles. The van der Waals surface area contributed by atoms with Crippen molar-refractivity contribution in [2.75, 3.05) is 200 Å². The fraction of sp³-hybridized carbons (Fsp3) is 0.471. The molecule has 0 saturated carbocycles. The van der Waals surface area contributed by atoms with Gasteiger partial charge in [-0.05, 0) is 105 Å². The SMILES string of the molecule is COCCOCCOCCOc1cc(CCN2C(=O)c3ccc4c5ccc6c7c(ccc(c8ccc(c3c48)C2=O)c75)C(=O)N(CCc2cc(OCCOCCOCCOC)cc(OCCOCCOCCOC)c2)C6=O)cc(OCCOCCOCCOC)c1. The lowest BCUT2D eigenvalue weighted by atomic mass is 9.82. The lowest BCUT2D eigenvalue weighted by Gasteiger charge is -2.30. The molecule has 0 N–H and O–H groups in total. The van der Waals surface area contributed by atoms with Crippen LogP contribution in [0.25, 0.3) is 43.1 Å². The largest absolute Gasteiger partial charge is 0.491 e. The quantitative estimate of drug-likeness (QED) is 0.0155. The third-order valence-electron chi connectivity index (χ3n) is 15.1. The number of carbonyl (C=O) groups is 4. The molecule has 0 bridgehead atoms. The fourth-order valence-corrected chi connectivity index (χ4v) is 10.9. The molecule has 0 radical (unpaired) electrons. The van der Waals surface area contributed by atoms with Crippen molar-refractivity contribution in [1.29, 1.82) is 0 Å². The summed E-state index contributed by atoms with van der Waals surface area (Å²) in [5.41, 5.74) is 3.18. The summed E-state index contributed by atoms with van der Waals surface area (Å²) in [6.07, 6.45) is 0.623. The number of carbonyl (C=O) groups excluding carboxylic acids is 4. The summed E-state index contributed by atoms with van der Waals surface area (Å²) in [5, 5.41) is 5.82. The molecule has 0 spiro atoms. The van der Waals surface area contributed by atoms with Gasteiger partial charge in [-0.1, -0.05) is 24.3 Å². The van der Waals surface area contributed by atoms with E-state index in [4.69, 9.17) is 75.8 Å². The number of nitrogens with zero attached hydrogens (tertiary/aromatic N) is 2. The molecule has 22 heteroatoms. The Hall–Kier alpha value is -7.16. The molecule has 4 amide bonds. The highest BCUT2D eigenvalue weighted by Crippen LogP contribution is 2.46. The average Bonchev–Trinajstić information content (AvgIpc) is 0.705. The smallest absolute Gasteiger partial charge is 0.261 e. The number of hydrogen-bond donors (Lipinski definition) is 0. The van der Waals surface area contributed by atoms with Crippen LogP contribution in [0.5, 0.6) is 23.0 Å². The van der Waals surface area contributed by atoms with Gasteiger partial charge in [-0.3, -0.25) is 29.0 Å². The predicted molar refractivity (Wildman–Crippen MR) is 335 cm³/mol. The van der Waals surface area contributed by atoms with E-state index in [1.54, 1.807) is 64.8 Å². The number of fused-ring (bicyclic) bond motifs is 2. The van der Waals surface area contributed by atoms with Gasteiger partial charge in [0.15, 0.2) is 0 Å². The van der Waals surface area contributed by atoms with Crippen LogP contribution < -0.4 is 18.9 Å². The highest BCUT2D eigenvalue weighted by Gasteiger charge is 2.37. The summed E-state index contributed by atoms with van der Waals surface area (Å²) < 4.78 is 89.3. The molecule has 9 rings (SSSR count). The van der Waals surface area contributed by atoms with Gasteiger partial charge < -0.3 is 75.8 Å². The van der Waals surface area contributed by atoms with Crippen LogP contribution in [0.1, 0.15) is 52.6 Å². The number of benzene rings is 7. The van der Waals surface area contributed by atoms with Crippen molar-refractivity contribution in [3.05, 3.63) is 118 Å². The molecule has 2 aliphatic rings. The number of hydrogen-bond acceptors (Lipinski definition) is 20. The van der Waals surface area contributed by atoms with Gasteiger partial charge in [0.05, 0.1) is 132 Å². The second-order valence-corrected chi connectivity index (χ2v) is 21.1. The molecular formula is C68H82N2O20. The van der Waals surface area contributed by atoms with Crippen LogP contribution in [0.15, 0.2) is 84.9 Å². The molecule has 0 atom stereocenters. The second-order valence-electron chi connectivity index (χ2n) is 21.1. The van der Waals surface area contributed by atoms with Crippen LogP contribution in [-0.2, 0) is 69.7 Å². The van der Waals surface area contributed by atoms with Crippen molar-refractivity contribution in [1.82, 2.24) is 9.80 Å². The minimum Gasteiger partial charge on any atom is -0.491 e. The van der Waals surface area contributed by atoms with E-state index in [1.165, 1.54) is 9.80 Å². The molecule has 22 nitrogen and oxygen atoms in total. The van der Waals surface area contributed by atoms with E-state index in [0.29, 0.717) is 201 Å². The van der Waals surface area contributed by atoms with Crippen molar-refractivity contribution in [2.24, 2.45) is 0 Å². The van der Waals surface area contributed by atoms with Gasteiger partial charge in [-0.25, -0.2) is 0 Å². The van der Waals surface area contributed by atoms with Crippen LogP contribution in [-0.4, -0.2) is 234 Å². The molecule has 2 aliphatic heterocycles. The van der Waals surface area contributed by atoms with Crippen molar-refractivity contribution in [3.63, 3.8) is 0 Å². The first-order valence-corrected chi connectivity index (χ1v) is 30.5. The molecule has 0 aliphatic carbocycles. The summed E-state index contributed by atoms with van der Waals surface area (Å²) in [6, 6.07) is 25.8. The topological polar surface area (TPSA) is 222 Å². The van der Waals surface area contributed by atoms with Crippen LogP contribution in [0.4, 0.5) is 0 Å². The van der Waals surface area contributed by atoms with E-state index in [-0.39, 0.29) is 39.5 Å². The number of rotatable bonds is 46. The molecule has 0 aromatic heterocycles. The Morgan fingerprint density at radius 3 is 0.722 bits per heavy atom. The molecule has 90 heavy (non-hydrogen) atoms. The van der Waals surface area contributed by atoms with E-state index < -0.39 is 23.6 Å². The number of methoxy groups -OCH3 is 4. The van der Waals surface area contributed by atoms with E-state index in [9.17, 15) is 19.2 Å². The molecule has 0 saturated heterocycles. The zero-order chi connectivity index (χ0) is 62.9. The normalized spacial score (nSPS) is 13.2. The average molecular weight is 1250 g/mol. The van der Waals surface area contributed by atoms with Crippen LogP contribution >= 0.6 is 0 Å². The van der Waals surface area contributed by atoms with Crippen molar-refractivity contribution in [2.45, 2.75) is 12.8 Å². The number of ether oxygens (including phenoxy) is 16. The van der Waals surface area contributed by atoms with Gasteiger partial charge in [0, 0.05) is 86.7 Å². The Morgan fingerprint density at radius 2 is 0.489 bits per heavy atom. The zero-order valence-corrected chi connectivity index (χ0v) is 51.9. The summed E-state index contributed by atoms with van der Waals surface area (Å²) in [6.45, 7) is 9.83. The Balaban J connectivity index is 0.885. The first-order chi connectivity index (χ1) is 44.2. The van der Waals surface area contributed by atoms with E-state index in [1.807, 2.05) is 48.5 Å². The van der Waals surface area contributed by atoms with Gasteiger partial charge in [0.1, 0.15) is 49.4 Å². The lowest BCUT2D eigenvalue weighted by molar-refractivity contribution is 0.0174. The Kier molecular flexibility index (Phi) is 26.5. The maximum absolute atomic E-state index is 14.6. The van der Waals surface area contributed by atoms with Crippen LogP contribution in [0.3, 0.4) is 0 Å². The van der Waals surface area contributed by atoms with Gasteiger partial charge in [-0.15, -0.1) is 0 Å². The Morgan fingerprint density at radius 1 is 0.267 bits per heavy atom. The number of imide groups is 2. The van der Waals surface area contributed by atoms with Crippen LogP contribution in [0.2, 0.25) is 0 Å². The summed E-state index contributed by atoms with van der Waals surface area (Å²) in [4.78, 5) is 61.2. The molecular weight excluding hydrogens is 1160 g/mol. The van der Waals surface area contributed by atoms with Gasteiger partial charge in [-0.2, -0.15) is 0 Å². The van der Waals surface area contributed by atoms with Crippen molar-refractivity contribution >= 4 is 66.7 Å². The molecule has 7 aromatic carbocycles. The third-order valence-corrected chi connectivity index (χ3v) is 15.1. The van der Waals surface area contributed by atoms with Crippen molar-refractivity contribution in [3.8, 4) is 23.0 Å². The second kappa shape index (κ2) is 35.4. The summed E-state index contributed by atoms with van der Waals surface area (Å²) in [7, 11) is 6.48. The predicted octanol–water partition coefficient (Wildman–Crippen LogP) is 7.65. The van der Waals surface area contributed by atoms with E-state index in [2.05, 4.69) is 0 Å². The zero-order valence-electron chi connectivity index (χ0n) is 51.9. The van der Waals surface area contributed by atoms with E-state index in [0.717, 1.165) is 43.4 Å². The highest BCUT2D eigenvalue weighted by molar-refractivity contribution is 6.41. The Bertz CT molecular complexity index is 3040. The molecule has 7 aromatic rings. The van der Waals surface area contributed by atoms with Crippen LogP contribution in [0, 0.1) is 0 Å². The van der Waals surface area contributed by atoms with E-state index >= 15 is 0 Å². The molecule has 484 valence electrons. The fourth-order valence-electron chi connectivity index (χ4n) is 10.9. The number of amides is 4. The maximum atomic E-state index is 14.6. The molecule has 0 fully saturated rings. The van der Waals surface area contributed by atoms with Crippen molar-refractivity contribution < 1.29 is 95.0 Å². The summed E-state index contributed by atoms with van der Waals surface area (Å²) in [5.74, 6) is 0.506. The molecule has 0 unspecified atom stereocenters. The first-order valence-electron chi connectivity index (χ1n) is 30.5. The Labute approximate surface area is 523 Å². The highest BCUT2D eigenvalue weighted by atomic mass is 16.6.